The van der Waals surface area contributed by atoms with E-state index in [0.717, 1.165) is 36.1 Å². The highest BCUT2D eigenvalue weighted by Gasteiger charge is 2.58. The zero-order chi connectivity index (χ0) is 29.5. The monoisotopic (exact) mass is 601 g/mol. The fourth-order valence-corrected chi connectivity index (χ4v) is 6.62. The summed E-state index contributed by atoms with van der Waals surface area (Å²) in [6.07, 6.45) is 4.76. The molecular weight excluding hydrogens is 565 g/mol. The van der Waals surface area contributed by atoms with Crippen LogP contribution in [0.2, 0.25) is 10.0 Å². The van der Waals surface area contributed by atoms with Crippen LogP contribution in [0.3, 0.4) is 0 Å². The Morgan fingerprint density at radius 3 is 2.44 bits per heavy atom. The van der Waals surface area contributed by atoms with E-state index in [0.29, 0.717) is 67.2 Å². The summed E-state index contributed by atoms with van der Waals surface area (Å²) in [6, 6.07) is 10.8. The number of carbonyl (C=O) groups excluding carboxylic acids is 2. The third-order valence-electron chi connectivity index (χ3n) is 8.97. The highest BCUT2D eigenvalue weighted by molar-refractivity contribution is 6.35. The van der Waals surface area contributed by atoms with Gasteiger partial charge in [0.05, 0.1) is 0 Å². The Morgan fingerprint density at radius 2 is 1.83 bits per heavy atom. The maximum absolute atomic E-state index is 14.0. The van der Waals surface area contributed by atoms with Crippen LogP contribution < -0.4 is 9.64 Å². The first-order valence-electron chi connectivity index (χ1n) is 14.3. The molecule has 1 saturated carbocycles. The molecule has 0 radical (unpaired) electrons. The van der Waals surface area contributed by atoms with Crippen LogP contribution in [-0.4, -0.2) is 70.1 Å². The molecule has 1 spiro atoms. The van der Waals surface area contributed by atoms with Gasteiger partial charge in [-0.2, -0.15) is 0 Å². The van der Waals surface area contributed by atoms with Gasteiger partial charge in [0.2, 0.25) is 0 Å². The Bertz CT molecular complexity index is 1350. The van der Waals surface area contributed by atoms with Crippen molar-refractivity contribution in [2.24, 2.45) is 5.92 Å². The molecule has 220 valence electrons. The van der Waals surface area contributed by atoms with Crippen molar-refractivity contribution >= 4 is 46.8 Å². The van der Waals surface area contributed by atoms with E-state index in [4.69, 9.17) is 27.9 Å². The topological polar surface area (TPSA) is 90.4 Å². The maximum atomic E-state index is 14.0. The van der Waals surface area contributed by atoms with Gasteiger partial charge in [0.1, 0.15) is 11.3 Å². The second kappa shape index (κ2) is 11.4. The first kappa shape index (κ1) is 29.5. The summed E-state index contributed by atoms with van der Waals surface area (Å²) in [4.78, 5) is 44.9. The molecule has 3 aliphatic rings. The number of carboxylic acids is 1. The fourth-order valence-electron chi connectivity index (χ4n) is 6.12. The molecule has 3 fully saturated rings. The van der Waals surface area contributed by atoms with Crippen LogP contribution in [0.4, 0.5) is 10.5 Å². The average molecular weight is 603 g/mol. The quantitative estimate of drug-likeness (QED) is 0.345. The number of nitrogens with zero attached hydrogens (tertiary/aromatic N) is 3. The van der Waals surface area contributed by atoms with Gasteiger partial charge in [0.15, 0.2) is 5.60 Å². The summed E-state index contributed by atoms with van der Waals surface area (Å²) >= 11 is 12.5. The van der Waals surface area contributed by atoms with E-state index in [1.807, 2.05) is 25.1 Å². The van der Waals surface area contributed by atoms with E-state index >= 15 is 0 Å². The van der Waals surface area contributed by atoms with Gasteiger partial charge < -0.3 is 19.6 Å². The molecule has 2 aromatic carbocycles. The van der Waals surface area contributed by atoms with E-state index in [-0.39, 0.29) is 11.9 Å². The number of benzene rings is 2. The number of carboxylic acid groups (broad SMARTS) is 1. The number of ether oxygens (including phenoxy) is 1. The molecule has 1 N–H and O–H groups in total. The van der Waals surface area contributed by atoms with Crippen molar-refractivity contribution in [3.05, 3.63) is 57.6 Å². The summed E-state index contributed by atoms with van der Waals surface area (Å²) < 4.78 is 5.87. The SMILES string of the molecule is Cc1c(OC(C)(C)C(=O)O)cccc1N1CCC2(CC1)C(=O)N(CC1CCC1)C(=O)N2CCc1ccc(Cl)cc1Cl. The number of urea groups is 1. The lowest BCUT2D eigenvalue weighted by Gasteiger charge is -2.43. The fraction of sp³-hybridized carbons (Fsp3) is 0.516. The Balaban J connectivity index is 1.37. The van der Waals surface area contributed by atoms with Crippen LogP contribution in [0.25, 0.3) is 0 Å². The Labute approximate surface area is 251 Å². The lowest BCUT2D eigenvalue weighted by molar-refractivity contribution is -0.152. The average Bonchev–Trinajstić information content (AvgIpc) is 3.08. The number of carbonyl (C=O) groups is 3. The zero-order valence-corrected chi connectivity index (χ0v) is 25.3. The maximum Gasteiger partial charge on any atom is 0.347 e. The normalized spacial score (nSPS) is 19.2. The Morgan fingerprint density at radius 1 is 1.12 bits per heavy atom. The predicted molar refractivity (Wildman–Crippen MR) is 159 cm³/mol. The number of piperidine rings is 1. The lowest BCUT2D eigenvalue weighted by atomic mass is 9.83. The molecule has 5 rings (SSSR count). The van der Waals surface area contributed by atoms with Gasteiger partial charge in [0.25, 0.3) is 5.91 Å². The summed E-state index contributed by atoms with van der Waals surface area (Å²) in [5.41, 5.74) is 0.388. The highest BCUT2D eigenvalue weighted by atomic mass is 35.5. The molecule has 2 saturated heterocycles. The minimum atomic E-state index is -1.37. The lowest BCUT2D eigenvalue weighted by Crippen LogP contribution is -2.57. The van der Waals surface area contributed by atoms with Crippen LogP contribution in [0.1, 0.15) is 57.1 Å². The number of hydrogen-bond donors (Lipinski definition) is 1. The molecule has 8 nitrogen and oxygen atoms in total. The molecule has 10 heteroatoms. The molecule has 2 aromatic rings. The van der Waals surface area contributed by atoms with Crippen LogP contribution in [0, 0.1) is 12.8 Å². The molecule has 0 aromatic heterocycles. The second-order valence-electron chi connectivity index (χ2n) is 12.0. The number of aliphatic carboxylic acids is 1. The summed E-state index contributed by atoms with van der Waals surface area (Å²) in [7, 11) is 0. The third-order valence-corrected chi connectivity index (χ3v) is 9.56. The van der Waals surface area contributed by atoms with Crippen molar-refractivity contribution in [2.75, 3.05) is 31.1 Å². The van der Waals surface area contributed by atoms with Crippen molar-refractivity contribution in [2.45, 2.75) is 70.4 Å². The van der Waals surface area contributed by atoms with Gasteiger partial charge in [-0.3, -0.25) is 9.69 Å². The minimum absolute atomic E-state index is 0.0896. The molecule has 0 bridgehead atoms. The number of hydrogen-bond acceptors (Lipinski definition) is 5. The minimum Gasteiger partial charge on any atom is -0.478 e. The van der Waals surface area contributed by atoms with Gasteiger partial charge in [0, 0.05) is 47.5 Å². The molecule has 41 heavy (non-hydrogen) atoms. The van der Waals surface area contributed by atoms with E-state index in [9.17, 15) is 19.5 Å². The van der Waals surface area contributed by atoms with Gasteiger partial charge in [-0.25, -0.2) is 9.59 Å². The summed E-state index contributed by atoms with van der Waals surface area (Å²) in [5.74, 6) is -0.243. The van der Waals surface area contributed by atoms with Crippen molar-refractivity contribution in [1.29, 1.82) is 0 Å². The van der Waals surface area contributed by atoms with Crippen molar-refractivity contribution < 1.29 is 24.2 Å². The largest absolute Gasteiger partial charge is 0.478 e. The molecule has 0 atom stereocenters. The molecular formula is C31H37Cl2N3O5. The summed E-state index contributed by atoms with van der Waals surface area (Å²) in [5, 5.41) is 10.6. The number of halogens is 2. The second-order valence-corrected chi connectivity index (χ2v) is 12.8. The molecule has 3 amide bonds. The molecule has 2 aliphatic heterocycles. The molecule has 2 heterocycles. The van der Waals surface area contributed by atoms with Crippen molar-refractivity contribution in [3.8, 4) is 5.75 Å². The molecule has 0 unspecified atom stereocenters. The van der Waals surface area contributed by atoms with E-state index in [2.05, 4.69) is 4.90 Å². The van der Waals surface area contributed by atoms with Crippen LogP contribution in [0.5, 0.6) is 5.75 Å². The third kappa shape index (κ3) is 5.61. The van der Waals surface area contributed by atoms with Crippen LogP contribution in [0.15, 0.2) is 36.4 Å². The molecule has 1 aliphatic carbocycles. The van der Waals surface area contributed by atoms with Crippen molar-refractivity contribution in [1.82, 2.24) is 9.80 Å². The van der Waals surface area contributed by atoms with Crippen molar-refractivity contribution in [3.63, 3.8) is 0 Å². The number of imide groups is 1. The number of amides is 3. The predicted octanol–water partition coefficient (Wildman–Crippen LogP) is 6.19. The first-order valence-corrected chi connectivity index (χ1v) is 15.0. The first-order chi connectivity index (χ1) is 19.4. The van der Waals surface area contributed by atoms with Gasteiger partial charge in [-0.1, -0.05) is 41.8 Å². The van der Waals surface area contributed by atoms with Crippen LogP contribution >= 0.6 is 23.2 Å². The standard InChI is InChI=1S/C31H37Cl2N3O5/c1-20-25(8-5-9-26(20)41-30(2,3)28(38)39)34-16-13-31(14-17-34)27(37)35(19-21-6-4-7-21)29(40)36(31)15-12-22-10-11-23(32)18-24(22)33/h5,8-11,18,21H,4,6-7,12-17,19H2,1-3H3,(H,38,39). The number of anilines is 1. The van der Waals surface area contributed by atoms with E-state index < -0.39 is 17.1 Å². The number of rotatable bonds is 9. The Hall–Kier alpha value is -2.97. The Kier molecular flexibility index (Phi) is 8.18. The summed E-state index contributed by atoms with van der Waals surface area (Å²) in [6.45, 7) is 6.98. The van der Waals surface area contributed by atoms with E-state index in [1.165, 1.54) is 18.7 Å². The van der Waals surface area contributed by atoms with Gasteiger partial charge in [-0.15, -0.1) is 0 Å². The highest BCUT2D eigenvalue weighted by Crippen LogP contribution is 2.42. The van der Waals surface area contributed by atoms with Crippen LogP contribution in [-0.2, 0) is 16.0 Å². The smallest absolute Gasteiger partial charge is 0.347 e. The van der Waals surface area contributed by atoms with Gasteiger partial charge in [-0.05, 0) is 88.6 Å². The van der Waals surface area contributed by atoms with Gasteiger partial charge >= 0.3 is 12.0 Å². The van der Waals surface area contributed by atoms with E-state index in [1.54, 1.807) is 23.1 Å². The zero-order valence-electron chi connectivity index (χ0n) is 23.8.